The normalized spacial score (nSPS) is 26.8. The standard InChI is InChI=1S/C35H51N3O5S/c1-8-12-24(7)36(19-9-2)34(42)31-35-18-17-28(44-35)29(30(35)33(41)38(31)26(22-39)21-23(5)6)32(40)37(20-10-3)25-13-15-27(16-14-25)43-11-4/h9-10,13-16,23-24,26,28-31,39H,2-3,8,11-12,17-22H2,1,4-7H3/t24?,26-,28+,29-,30+,31?,35?/m1/s1. The number of anilines is 1. The van der Waals surface area contributed by atoms with Crippen molar-refractivity contribution in [2.75, 3.05) is 31.2 Å². The molecule has 9 heteroatoms. The maximum atomic E-state index is 14.7. The van der Waals surface area contributed by atoms with Crippen LogP contribution < -0.4 is 9.64 Å². The highest BCUT2D eigenvalue weighted by atomic mass is 32.2. The number of hydrogen-bond acceptors (Lipinski definition) is 6. The molecule has 1 aromatic carbocycles. The van der Waals surface area contributed by atoms with Crippen molar-refractivity contribution in [1.29, 1.82) is 0 Å². The summed E-state index contributed by atoms with van der Waals surface area (Å²) in [5.74, 6) is -0.681. The second kappa shape index (κ2) is 14.5. The highest BCUT2D eigenvalue weighted by Gasteiger charge is 2.74. The predicted molar refractivity (Wildman–Crippen MR) is 178 cm³/mol. The molecular weight excluding hydrogens is 574 g/mol. The van der Waals surface area contributed by atoms with Crippen molar-refractivity contribution in [3.8, 4) is 5.75 Å². The summed E-state index contributed by atoms with van der Waals surface area (Å²) in [6, 6.07) is 6.14. The Morgan fingerprint density at radius 1 is 1.14 bits per heavy atom. The zero-order chi connectivity index (χ0) is 32.2. The first-order valence-electron chi connectivity index (χ1n) is 16.3. The summed E-state index contributed by atoms with van der Waals surface area (Å²) in [5, 5.41) is 10.6. The first-order valence-corrected chi connectivity index (χ1v) is 17.1. The third kappa shape index (κ3) is 6.19. The molecule has 3 aliphatic rings. The van der Waals surface area contributed by atoms with Crippen molar-refractivity contribution < 1.29 is 24.2 Å². The highest BCUT2D eigenvalue weighted by molar-refractivity contribution is 8.02. The minimum absolute atomic E-state index is 0.0284. The topological polar surface area (TPSA) is 90.4 Å². The van der Waals surface area contributed by atoms with E-state index >= 15 is 0 Å². The summed E-state index contributed by atoms with van der Waals surface area (Å²) in [7, 11) is 0. The van der Waals surface area contributed by atoms with Gasteiger partial charge in [-0.25, -0.2) is 0 Å². The van der Waals surface area contributed by atoms with Gasteiger partial charge >= 0.3 is 0 Å². The minimum atomic E-state index is -0.749. The Balaban J connectivity index is 1.78. The Morgan fingerprint density at radius 2 is 1.82 bits per heavy atom. The molecule has 3 fully saturated rings. The lowest BCUT2D eigenvalue weighted by molar-refractivity contribution is -0.147. The smallest absolute Gasteiger partial charge is 0.247 e. The van der Waals surface area contributed by atoms with Crippen molar-refractivity contribution in [1.82, 2.24) is 9.80 Å². The van der Waals surface area contributed by atoms with Gasteiger partial charge < -0.3 is 24.5 Å². The first-order chi connectivity index (χ1) is 21.1. The van der Waals surface area contributed by atoms with Crippen LogP contribution in [0.25, 0.3) is 0 Å². The number of ether oxygens (including phenoxy) is 1. The van der Waals surface area contributed by atoms with E-state index in [0.717, 1.165) is 25.0 Å². The van der Waals surface area contributed by atoms with Crippen molar-refractivity contribution in [3.05, 3.63) is 49.6 Å². The molecule has 3 aliphatic heterocycles. The summed E-state index contributed by atoms with van der Waals surface area (Å²) in [5.41, 5.74) is 0.716. The summed E-state index contributed by atoms with van der Waals surface area (Å²) < 4.78 is 4.88. The lowest BCUT2D eigenvalue weighted by Gasteiger charge is -2.41. The van der Waals surface area contributed by atoms with E-state index in [-0.39, 0.29) is 41.5 Å². The van der Waals surface area contributed by atoms with Gasteiger partial charge in [0.15, 0.2) is 0 Å². The number of likely N-dealkylation sites (tertiary alicyclic amines) is 1. The molecule has 0 aromatic heterocycles. The van der Waals surface area contributed by atoms with Gasteiger partial charge in [-0.05, 0) is 69.7 Å². The second-order valence-corrected chi connectivity index (χ2v) is 14.5. The Bertz CT molecular complexity index is 1210. The van der Waals surface area contributed by atoms with Crippen LogP contribution in [0.5, 0.6) is 5.75 Å². The number of fused-ring (bicyclic) bond motifs is 1. The molecule has 0 radical (unpaired) electrons. The van der Waals surface area contributed by atoms with Crippen LogP contribution in [-0.4, -0.2) is 87.1 Å². The summed E-state index contributed by atoms with van der Waals surface area (Å²) in [4.78, 5) is 49.2. The van der Waals surface area contributed by atoms with Gasteiger partial charge in [0.25, 0.3) is 0 Å². The van der Waals surface area contributed by atoms with Gasteiger partial charge in [-0.2, -0.15) is 0 Å². The van der Waals surface area contributed by atoms with Gasteiger partial charge in [0.2, 0.25) is 17.7 Å². The van der Waals surface area contributed by atoms with Crippen LogP contribution in [0.1, 0.15) is 66.7 Å². The third-order valence-electron chi connectivity index (χ3n) is 9.49. The van der Waals surface area contributed by atoms with Gasteiger partial charge in [0.1, 0.15) is 11.8 Å². The van der Waals surface area contributed by atoms with E-state index in [1.54, 1.807) is 33.7 Å². The number of hydrogen-bond donors (Lipinski definition) is 1. The number of aliphatic hydroxyl groups is 1. The van der Waals surface area contributed by atoms with Gasteiger partial charge in [-0.3, -0.25) is 14.4 Å². The van der Waals surface area contributed by atoms with Gasteiger partial charge in [-0.1, -0.05) is 39.3 Å². The quantitative estimate of drug-likeness (QED) is 0.251. The molecule has 4 rings (SSSR count). The van der Waals surface area contributed by atoms with Crippen LogP contribution in [0.4, 0.5) is 5.69 Å². The van der Waals surface area contributed by atoms with Crippen LogP contribution in [0.3, 0.4) is 0 Å². The molecule has 2 bridgehead atoms. The van der Waals surface area contributed by atoms with E-state index in [2.05, 4.69) is 33.9 Å². The maximum absolute atomic E-state index is 14.7. The molecule has 7 atom stereocenters. The van der Waals surface area contributed by atoms with Crippen LogP contribution in [0.2, 0.25) is 0 Å². The first kappa shape index (κ1) is 34.1. The number of benzene rings is 1. The zero-order valence-corrected chi connectivity index (χ0v) is 27.9. The Hall–Kier alpha value is -2.78. The van der Waals surface area contributed by atoms with Crippen molar-refractivity contribution in [2.24, 2.45) is 17.8 Å². The number of rotatable bonds is 16. The largest absolute Gasteiger partial charge is 0.494 e. The lowest BCUT2D eigenvalue weighted by atomic mass is 9.70. The van der Waals surface area contributed by atoms with E-state index in [9.17, 15) is 19.5 Å². The van der Waals surface area contributed by atoms with E-state index < -0.39 is 28.7 Å². The molecule has 3 heterocycles. The number of nitrogens with zero attached hydrogens (tertiary/aromatic N) is 3. The van der Waals surface area contributed by atoms with E-state index in [1.165, 1.54) is 0 Å². The molecule has 3 unspecified atom stereocenters. The highest BCUT2D eigenvalue weighted by Crippen LogP contribution is 2.67. The number of amides is 3. The average molecular weight is 626 g/mol. The van der Waals surface area contributed by atoms with Crippen LogP contribution in [-0.2, 0) is 14.4 Å². The Morgan fingerprint density at radius 3 is 2.39 bits per heavy atom. The molecule has 1 aromatic rings. The summed E-state index contributed by atoms with van der Waals surface area (Å²) in [6.45, 7) is 19.0. The van der Waals surface area contributed by atoms with Crippen molar-refractivity contribution in [3.63, 3.8) is 0 Å². The molecule has 3 saturated heterocycles. The Labute approximate surface area is 267 Å². The fraction of sp³-hybridized carbons (Fsp3) is 0.629. The fourth-order valence-corrected chi connectivity index (χ4v) is 9.94. The molecule has 1 spiro atoms. The summed E-state index contributed by atoms with van der Waals surface area (Å²) >= 11 is 1.67. The van der Waals surface area contributed by atoms with Crippen LogP contribution >= 0.6 is 11.8 Å². The number of aliphatic hydroxyl groups excluding tert-OH is 1. The number of carbonyl (C=O) groups is 3. The third-order valence-corrected chi connectivity index (χ3v) is 11.4. The molecule has 3 amide bonds. The summed E-state index contributed by atoms with van der Waals surface area (Å²) in [6.07, 6.45) is 7.22. The minimum Gasteiger partial charge on any atom is -0.494 e. The average Bonchev–Trinajstić information content (AvgIpc) is 3.65. The molecule has 1 N–H and O–H groups in total. The predicted octanol–water partition coefficient (Wildman–Crippen LogP) is 5.31. The van der Waals surface area contributed by atoms with Gasteiger partial charge in [0, 0.05) is 30.1 Å². The molecule has 8 nitrogen and oxygen atoms in total. The van der Waals surface area contributed by atoms with E-state index in [1.807, 2.05) is 43.0 Å². The van der Waals surface area contributed by atoms with Crippen molar-refractivity contribution >= 4 is 35.2 Å². The maximum Gasteiger partial charge on any atom is 0.247 e. The number of carbonyl (C=O) groups excluding carboxylic acids is 3. The van der Waals surface area contributed by atoms with E-state index in [0.29, 0.717) is 38.2 Å². The van der Waals surface area contributed by atoms with Crippen molar-refractivity contribution in [2.45, 2.75) is 94.8 Å². The molecular formula is C35H51N3O5S. The lowest BCUT2D eigenvalue weighted by Crippen LogP contribution is -2.59. The molecule has 44 heavy (non-hydrogen) atoms. The zero-order valence-electron chi connectivity index (χ0n) is 27.1. The van der Waals surface area contributed by atoms with Crippen LogP contribution in [0, 0.1) is 17.8 Å². The van der Waals surface area contributed by atoms with Gasteiger partial charge in [-0.15, -0.1) is 24.9 Å². The SMILES string of the molecule is C=CCN(C(=O)[C@@H]1[C@@H]2CCC3(S2)C(C(=O)N(CC=C)C(C)CCC)N([C@@H](CO)CC(C)C)C(=O)[C@H]13)c1ccc(OCC)cc1. The van der Waals surface area contributed by atoms with Gasteiger partial charge in [0.05, 0.1) is 35.8 Å². The van der Waals surface area contributed by atoms with Crippen LogP contribution in [0.15, 0.2) is 49.6 Å². The molecule has 0 aliphatic carbocycles. The molecule has 0 saturated carbocycles. The van der Waals surface area contributed by atoms with E-state index in [4.69, 9.17) is 4.74 Å². The number of thioether (sulfide) groups is 1. The fourth-order valence-electron chi connectivity index (χ4n) is 7.74. The second-order valence-electron chi connectivity index (χ2n) is 12.8. The molecule has 242 valence electrons. The monoisotopic (exact) mass is 625 g/mol. The Kier molecular flexibility index (Phi) is 11.3.